The lowest BCUT2D eigenvalue weighted by Crippen LogP contribution is -2.19. The second kappa shape index (κ2) is 6.40. The molecule has 0 rings (SSSR count). The van der Waals surface area contributed by atoms with Crippen LogP contribution in [0.25, 0.3) is 0 Å². The molecule has 0 amide bonds. The molecule has 12 heavy (non-hydrogen) atoms. The fraction of sp³-hybridized carbons (Fsp3) is 1.00. The Hall–Kier alpha value is -0.120. The number of rotatable bonds is 6. The maximum Gasteiger partial charge on any atom is 0.0774 e. The van der Waals surface area contributed by atoms with E-state index in [0.717, 1.165) is 0 Å². The van der Waals surface area contributed by atoms with Gasteiger partial charge in [-0.05, 0) is 33.6 Å². The molecule has 0 aromatic carbocycles. The van der Waals surface area contributed by atoms with Gasteiger partial charge < -0.3 is 14.9 Å². The molecule has 0 aliphatic rings. The first kappa shape index (κ1) is 11.9. The summed E-state index contributed by atoms with van der Waals surface area (Å²) in [6, 6.07) is 0. The zero-order valence-corrected chi connectivity index (χ0v) is 8.16. The topological polar surface area (TPSA) is 49.7 Å². The van der Waals surface area contributed by atoms with Crippen LogP contribution in [0.5, 0.6) is 0 Å². The van der Waals surface area contributed by atoms with Crippen molar-refractivity contribution >= 4 is 0 Å². The van der Waals surface area contributed by atoms with Crippen molar-refractivity contribution in [2.24, 2.45) is 0 Å². The van der Waals surface area contributed by atoms with Crippen molar-refractivity contribution in [2.75, 3.05) is 6.61 Å². The number of aliphatic hydroxyl groups is 2. The third-order valence-electron chi connectivity index (χ3n) is 1.54. The smallest absolute Gasteiger partial charge is 0.0774 e. The van der Waals surface area contributed by atoms with Gasteiger partial charge in [-0.3, -0.25) is 0 Å². The highest BCUT2D eigenvalue weighted by atomic mass is 16.5. The molecule has 0 saturated heterocycles. The van der Waals surface area contributed by atoms with Crippen LogP contribution >= 0.6 is 0 Å². The first-order valence-corrected chi connectivity index (χ1v) is 4.50. The van der Waals surface area contributed by atoms with Crippen LogP contribution < -0.4 is 0 Å². The van der Waals surface area contributed by atoms with Crippen LogP contribution in [-0.2, 0) is 4.74 Å². The average Bonchev–Trinajstić information content (AvgIpc) is 1.96. The molecule has 74 valence electrons. The number of hydrogen-bond acceptors (Lipinski definition) is 3. The van der Waals surface area contributed by atoms with Crippen LogP contribution in [0.15, 0.2) is 0 Å². The summed E-state index contributed by atoms with van der Waals surface area (Å²) >= 11 is 0. The molecule has 0 spiro atoms. The number of aliphatic hydroxyl groups excluding tert-OH is 2. The summed E-state index contributed by atoms with van der Waals surface area (Å²) in [7, 11) is 0. The zero-order chi connectivity index (χ0) is 9.56. The summed E-state index contributed by atoms with van der Waals surface area (Å²) in [6.07, 6.45) is 0.611. The Labute approximate surface area is 74.4 Å². The first-order valence-electron chi connectivity index (χ1n) is 4.50. The van der Waals surface area contributed by atoms with Crippen molar-refractivity contribution in [2.45, 2.75) is 51.9 Å². The van der Waals surface area contributed by atoms with Crippen LogP contribution in [0.1, 0.15) is 33.6 Å². The Balaban J connectivity index is 3.27. The molecule has 3 nitrogen and oxygen atoms in total. The molecule has 2 N–H and O–H groups in total. The summed E-state index contributed by atoms with van der Waals surface area (Å²) in [5.74, 6) is 0. The van der Waals surface area contributed by atoms with Crippen molar-refractivity contribution in [3.8, 4) is 0 Å². The average molecular weight is 176 g/mol. The highest BCUT2D eigenvalue weighted by molar-refractivity contribution is 4.57. The Morgan fingerprint density at radius 1 is 1.08 bits per heavy atom. The quantitative estimate of drug-likeness (QED) is 0.633. The lowest BCUT2D eigenvalue weighted by Gasteiger charge is -2.13. The van der Waals surface area contributed by atoms with Crippen LogP contribution in [0.4, 0.5) is 0 Å². The molecule has 0 aromatic heterocycles. The molecule has 0 aromatic rings. The minimum absolute atomic E-state index is 0.159. The maximum atomic E-state index is 9.31. The molecular weight excluding hydrogens is 156 g/mol. The summed E-state index contributed by atoms with van der Waals surface area (Å²) in [5, 5.41) is 18.2. The van der Waals surface area contributed by atoms with E-state index in [9.17, 15) is 5.11 Å². The fourth-order valence-corrected chi connectivity index (χ4v) is 0.820. The molecule has 3 heteroatoms. The maximum absolute atomic E-state index is 9.31. The van der Waals surface area contributed by atoms with Gasteiger partial charge in [0.25, 0.3) is 0 Å². The van der Waals surface area contributed by atoms with Gasteiger partial charge >= 0.3 is 0 Å². The molecule has 0 fully saturated rings. The summed E-state index contributed by atoms with van der Waals surface area (Å²) in [4.78, 5) is 0. The van der Waals surface area contributed by atoms with E-state index in [1.807, 2.05) is 13.8 Å². The Kier molecular flexibility index (Phi) is 6.34. The fourth-order valence-electron chi connectivity index (χ4n) is 0.820. The normalized spacial score (nSPS) is 16.5. The van der Waals surface area contributed by atoms with E-state index in [2.05, 4.69) is 0 Å². The van der Waals surface area contributed by atoms with Crippen LogP contribution in [0.3, 0.4) is 0 Å². The zero-order valence-electron chi connectivity index (χ0n) is 8.16. The van der Waals surface area contributed by atoms with E-state index in [1.165, 1.54) is 0 Å². The number of ether oxygens (including phenoxy) is 1. The second-order valence-electron chi connectivity index (χ2n) is 3.46. The van der Waals surface area contributed by atoms with Crippen molar-refractivity contribution in [1.29, 1.82) is 0 Å². The molecule has 0 aliphatic carbocycles. The lowest BCUT2D eigenvalue weighted by atomic mass is 10.1. The summed E-state index contributed by atoms with van der Waals surface area (Å²) < 4.78 is 5.20. The monoisotopic (exact) mass is 176 g/mol. The number of hydrogen-bond donors (Lipinski definition) is 2. The van der Waals surface area contributed by atoms with Gasteiger partial charge in [0.15, 0.2) is 0 Å². The van der Waals surface area contributed by atoms with Crippen molar-refractivity contribution < 1.29 is 14.9 Å². The minimum atomic E-state index is -0.443. The Bertz CT molecular complexity index is 89.9. The van der Waals surface area contributed by atoms with Gasteiger partial charge in [0.2, 0.25) is 0 Å². The Morgan fingerprint density at radius 2 is 1.67 bits per heavy atom. The lowest BCUT2D eigenvalue weighted by molar-refractivity contribution is -0.00215. The van der Waals surface area contributed by atoms with Gasteiger partial charge in [0.05, 0.1) is 24.9 Å². The molecule has 0 saturated carbocycles. The molecular formula is C9H20O3. The Morgan fingerprint density at radius 3 is 2.08 bits per heavy atom. The summed E-state index contributed by atoms with van der Waals surface area (Å²) in [6.45, 7) is 5.95. The van der Waals surface area contributed by atoms with Crippen molar-refractivity contribution in [3.63, 3.8) is 0 Å². The van der Waals surface area contributed by atoms with Gasteiger partial charge in [-0.2, -0.15) is 0 Å². The first-order chi connectivity index (χ1) is 5.52. The minimum Gasteiger partial charge on any atom is -0.393 e. The van der Waals surface area contributed by atoms with Gasteiger partial charge in [-0.1, -0.05) is 0 Å². The van der Waals surface area contributed by atoms with Gasteiger partial charge in [0.1, 0.15) is 0 Å². The van der Waals surface area contributed by atoms with Crippen molar-refractivity contribution in [1.82, 2.24) is 0 Å². The van der Waals surface area contributed by atoms with E-state index in [4.69, 9.17) is 9.84 Å². The second-order valence-corrected chi connectivity index (χ2v) is 3.46. The molecule has 0 radical (unpaired) electrons. The van der Waals surface area contributed by atoms with Crippen LogP contribution in [0.2, 0.25) is 0 Å². The van der Waals surface area contributed by atoms with Gasteiger partial charge in [-0.25, -0.2) is 0 Å². The molecule has 0 heterocycles. The summed E-state index contributed by atoms with van der Waals surface area (Å²) in [5.41, 5.74) is 0. The predicted molar refractivity (Wildman–Crippen MR) is 48.0 cm³/mol. The van der Waals surface area contributed by atoms with E-state index < -0.39 is 6.10 Å². The SMILES string of the molecule is CC(O)CCC(O)COC(C)C. The highest BCUT2D eigenvalue weighted by Crippen LogP contribution is 2.02. The largest absolute Gasteiger partial charge is 0.393 e. The molecule has 0 aliphatic heterocycles. The third kappa shape index (κ3) is 7.98. The van der Waals surface area contributed by atoms with Crippen LogP contribution in [0, 0.1) is 0 Å². The van der Waals surface area contributed by atoms with Gasteiger partial charge in [-0.15, -0.1) is 0 Å². The molecule has 2 atom stereocenters. The third-order valence-corrected chi connectivity index (χ3v) is 1.54. The highest BCUT2D eigenvalue weighted by Gasteiger charge is 2.06. The standard InChI is InChI=1S/C9H20O3/c1-7(2)12-6-9(11)5-4-8(3)10/h7-11H,4-6H2,1-3H3. The van der Waals surface area contributed by atoms with E-state index in [0.29, 0.717) is 19.4 Å². The molecule has 0 bridgehead atoms. The van der Waals surface area contributed by atoms with Gasteiger partial charge in [0, 0.05) is 0 Å². The van der Waals surface area contributed by atoms with E-state index in [-0.39, 0.29) is 12.2 Å². The van der Waals surface area contributed by atoms with Crippen molar-refractivity contribution in [3.05, 3.63) is 0 Å². The molecule has 2 unspecified atom stereocenters. The van der Waals surface area contributed by atoms with E-state index >= 15 is 0 Å². The van der Waals surface area contributed by atoms with Crippen LogP contribution in [-0.4, -0.2) is 35.1 Å². The predicted octanol–water partition coefficient (Wildman–Crippen LogP) is 0.933. The van der Waals surface area contributed by atoms with E-state index in [1.54, 1.807) is 6.92 Å².